The lowest BCUT2D eigenvalue weighted by Crippen LogP contribution is -2.25. The van der Waals surface area contributed by atoms with Gasteiger partial charge in [-0.15, -0.1) is 0 Å². The number of hydrazone groups is 1. The Morgan fingerprint density at radius 3 is 2.39 bits per heavy atom. The zero-order valence-corrected chi connectivity index (χ0v) is 12.4. The van der Waals surface area contributed by atoms with Crippen LogP contribution in [-0.2, 0) is 6.18 Å². The molecule has 0 aromatic heterocycles. The first-order valence-corrected chi connectivity index (χ1v) is 6.82. The Labute approximate surface area is 135 Å². The van der Waals surface area contributed by atoms with Gasteiger partial charge in [0.05, 0.1) is 17.5 Å². The van der Waals surface area contributed by atoms with Gasteiger partial charge in [0.2, 0.25) is 0 Å². The van der Waals surface area contributed by atoms with E-state index in [0.29, 0.717) is 5.56 Å². The summed E-state index contributed by atoms with van der Waals surface area (Å²) in [6.45, 7) is 0. The summed E-state index contributed by atoms with van der Waals surface area (Å²) in [4.78, 5) is 0. The Morgan fingerprint density at radius 1 is 1.09 bits per heavy atom. The molecule has 0 aliphatic carbocycles. The lowest BCUT2D eigenvalue weighted by molar-refractivity contribution is -0.136. The SMILES string of the molecule is Oc1ccc(/C=N/NC(=S)Nc2ccccc2C(F)(F)F)cc1. The number of nitrogens with one attached hydrogen (secondary N) is 2. The summed E-state index contributed by atoms with van der Waals surface area (Å²) in [6, 6.07) is 11.2. The van der Waals surface area contributed by atoms with Crippen LogP contribution in [0.1, 0.15) is 11.1 Å². The smallest absolute Gasteiger partial charge is 0.418 e. The number of halogens is 3. The molecule has 0 saturated heterocycles. The minimum Gasteiger partial charge on any atom is -0.508 e. The number of nitrogens with zero attached hydrogens (tertiary/aromatic N) is 1. The molecule has 0 bridgehead atoms. The monoisotopic (exact) mass is 339 g/mol. The van der Waals surface area contributed by atoms with Gasteiger partial charge in [0.1, 0.15) is 5.75 Å². The molecule has 2 rings (SSSR count). The molecule has 0 spiro atoms. The molecule has 0 radical (unpaired) electrons. The average molecular weight is 339 g/mol. The van der Waals surface area contributed by atoms with Gasteiger partial charge in [0.15, 0.2) is 5.11 Å². The van der Waals surface area contributed by atoms with Gasteiger partial charge in [-0.2, -0.15) is 18.3 Å². The molecule has 0 atom stereocenters. The van der Waals surface area contributed by atoms with E-state index in [4.69, 9.17) is 17.3 Å². The first kappa shape index (κ1) is 16.8. The quantitative estimate of drug-likeness (QED) is 0.453. The minimum absolute atomic E-state index is 0.0725. The zero-order chi connectivity index (χ0) is 16.9. The summed E-state index contributed by atoms with van der Waals surface area (Å²) < 4.78 is 38.6. The minimum atomic E-state index is -4.48. The van der Waals surface area contributed by atoms with Crippen molar-refractivity contribution in [3.8, 4) is 5.75 Å². The number of anilines is 1. The third-order valence-corrected chi connectivity index (χ3v) is 2.95. The number of benzene rings is 2. The van der Waals surface area contributed by atoms with Crippen LogP contribution in [-0.4, -0.2) is 16.4 Å². The van der Waals surface area contributed by atoms with Crippen LogP contribution in [0.5, 0.6) is 5.75 Å². The van der Waals surface area contributed by atoms with Crippen LogP contribution in [0, 0.1) is 0 Å². The predicted octanol–water partition coefficient (Wildman–Crippen LogP) is 3.73. The van der Waals surface area contributed by atoms with Crippen LogP contribution in [0.15, 0.2) is 53.6 Å². The highest BCUT2D eigenvalue weighted by Gasteiger charge is 2.33. The van der Waals surface area contributed by atoms with Crippen molar-refractivity contribution < 1.29 is 18.3 Å². The van der Waals surface area contributed by atoms with Crippen LogP contribution in [0.2, 0.25) is 0 Å². The summed E-state index contributed by atoms with van der Waals surface area (Å²) >= 11 is 4.91. The van der Waals surface area contributed by atoms with Gasteiger partial charge in [0.25, 0.3) is 0 Å². The van der Waals surface area contributed by atoms with E-state index >= 15 is 0 Å². The maximum Gasteiger partial charge on any atom is 0.418 e. The van der Waals surface area contributed by atoms with E-state index in [1.54, 1.807) is 12.1 Å². The number of hydrogen-bond acceptors (Lipinski definition) is 3. The van der Waals surface area contributed by atoms with Gasteiger partial charge < -0.3 is 10.4 Å². The molecule has 4 nitrogen and oxygen atoms in total. The summed E-state index contributed by atoms with van der Waals surface area (Å²) in [7, 11) is 0. The van der Waals surface area contributed by atoms with Crippen LogP contribution >= 0.6 is 12.2 Å². The van der Waals surface area contributed by atoms with E-state index in [1.165, 1.54) is 36.5 Å². The molecule has 8 heteroatoms. The van der Waals surface area contributed by atoms with E-state index in [2.05, 4.69) is 15.8 Å². The summed E-state index contributed by atoms with van der Waals surface area (Å²) in [6.07, 6.45) is -3.06. The largest absolute Gasteiger partial charge is 0.508 e. The second-order valence-electron chi connectivity index (χ2n) is 4.46. The highest BCUT2D eigenvalue weighted by atomic mass is 32.1. The Kier molecular flexibility index (Phi) is 5.17. The maximum absolute atomic E-state index is 12.9. The molecule has 0 amide bonds. The fraction of sp³-hybridized carbons (Fsp3) is 0.0667. The molecule has 2 aromatic rings. The lowest BCUT2D eigenvalue weighted by atomic mass is 10.2. The number of para-hydroxylation sites is 1. The third-order valence-electron chi connectivity index (χ3n) is 2.75. The topological polar surface area (TPSA) is 56.7 Å². The average Bonchev–Trinajstić information content (AvgIpc) is 2.49. The summed E-state index contributed by atoms with van der Waals surface area (Å²) in [5.41, 5.74) is 2.15. The number of rotatable bonds is 3. The second-order valence-corrected chi connectivity index (χ2v) is 4.87. The van der Waals surface area contributed by atoms with Crippen molar-refractivity contribution in [3.63, 3.8) is 0 Å². The number of thiocarbonyl (C=S) groups is 1. The van der Waals surface area contributed by atoms with Gasteiger partial charge in [-0.3, -0.25) is 5.43 Å². The summed E-state index contributed by atoms with van der Waals surface area (Å²) in [5.74, 6) is 0.121. The molecule has 3 N–H and O–H groups in total. The van der Waals surface area contributed by atoms with Gasteiger partial charge in [0, 0.05) is 0 Å². The number of alkyl halides is 3. The highest BCUT2D eigenvalue weighted by Crippen LogP contribution is 2.34. The van der Waals surface area contributed by atoms with E-state index in [0.717, 1.165) is 6.07 Å². The number of phenolic OH excluding ortho intramolecular Hbond substituents is 1. The highest BCUT2D eigenvalue weighted by molar-refractivity contribution is 7.80. The van der Waals surface area contributed by atoms with Crippen LogP contribution in [0.3, 0.4) is 0 Å². The zero-order valence-electron chi connectivity index (χ0n) is 11.6. The molecule has 0 aliphatic rings. The number of hydrogen-bond donors (Lipinski definition) is 3. The Bertz CT molecular complexity index is 715. The van der Waals surface area contributed by atoms with Crippen molar-refractivity contribution in [2.45, 2.75) is 6.18 Å². The lowest BCUT2D eigenvalue weighted by Gasteiger charge is -2.14. The van der Waals surface area contributed by atoms with E-state index in [9.17, 15) is 13.2 Å². The van der Waals surface area contributed by atoms with Crippen molar-refractivity contribution in [3.05, 3.63) is 59.7 Å². The second kappa shape index (κ2) is 7.10. The van der Waals surface area contributed by atoms with Crippen LogP contribution in [0.4, 0.5) is 18.9 Å². The van der Waals surface area contributed by atoms with E-state index in [-0.39, 0.29) is 16.5 Å². The van der Waals surface area contributed by atoms with Gasteiger partial charge >= 0.3 is 6.18 Å². The van der Waals surface area contributed by atoms with E-state index in [1.807, 2.05) is 0 Å². The van der Waals surface area contributed by atoms with Gasteiger partial charge in [-0.25, -0.2) is 0 Å². The number of aromatic hydroxyl groups is 1. The molecule has 0 heterocycles. The van der Waals surface area contributed by atoms with Gasteiger partial charge in [-0.05, 0) is 54.2 Å². The maximum atomic E-state index is 12.9. The third kappa shape index (κ3) is 4.96. The first-order valence-electron chi connectivity index (χ1n) is 6.41. The molecule has 0 unspecified atom stereocenters. The Hall–Kier alpha value is -2.61. The van der Waals surface area contributed by atoms with Crippen molar-refractivity contribution in [1.82, 2.24) is 5.43 Å². The molecular formula is C15H12F3N3OS. The van der Waals surface area contributed by atoms with Crippen molar-refractivity contribution in [2.24, 2.45) is 5.10 Å². The fourth-order valence-corrected chi connectivity index (χ4v) is 1.88. The van der Waals surface area contributed by atoms with Crippen molar-refractivity contribution in [1.29, 1.82) is 0 Å². The van der Waals surface area contributed by atoms with Crippen LogP contribution in [0.25, 0.3) is 0 Å². The summed E-state index contributed by atoms with van der Waals surface area (Å²) in [5, 5.41) is 15.3. The fourth-order valence-electron chi connectivity index (χ4n) is 1.72. The molecule has 0 fully saturated rings. The number of phenols is 1. The Balaban J connectivity index is 1.99. The Morgan fingerprint density at radius 2 is 1.74 bits per heavy atom. The molecular weight excluding hydrogens is 327 g/mol. The predicted molar refractivity (Wildman–Crippen MR) is 86.5 cm³/mol. The standard InChI is InChI=1S/C15H12F3N3OS/c16-15(17,18)12-3-1-2-4-13(12)20-14(23)21-19-9-10-5-7-11(22)8-6-10/h1-9,22H,(H2,20,21,23)/b19-9+. The molecule has 0 saturated carbocycles. The molecule has 2 aromatic carbocycles. The van der Waals surface area contributed by atoms with Crippen LogP contribution < -0.4 is 10.7 Å². The van der Waals surface area contributed by atoms with E-state index < -0.39 is 11.7 Å². The normalized spacial score (nSPS) is 11.4. The molecule has 120 valence electrons. The molecule has 23 heavy (non-hydrogen) atoms. The molecule has 0 aliphatic heterocycles. The first-order chi connectivity index (χ1) is 10.9. The van der Waals surface area contributed by atoms with Crippen molar-refractivity contribution in [2.75, 3.05) is 5.32 Å². The van der Waals surface area contributed by atoms with Crippen molar-refractivity contribution >= 4 is 29.2 Å². The van der Waals surface area contributed by atoms with Gasteiger partial charge in [-0.1, -0.05) is 12.1 Å².